The van der Waals surface area contributed by atoms with Crippen LogP contribution >= 0.6 is 0 Å². The second-order valence-corrected chi connectivity index (χ2v) is 3.59. The minimum absolute atomic E-state index is 0.146. The molecular formula is C12H8N2O2. The Morgan fingerprint density at radius 2 is 1.94 bits per heavy atom. The number of benzene rings is 2. The second kappa shape index (κ2) is 3.06. The van der Waals surface area contributed by atoms with Gasteiger partial charge in [0.25, 0.3) is 0 Å². The summed E-state index contributed by atoms with van der Waals surface area (Å²) in [5, 5.41) is 14.6. The van der Waals surface area contributed by atoms with E-state index in [0.29, 0.717) is 11.2 Å². The van der Waals surface area contributed by atoms with Crippen molar-refractivity contribution in [1.29, 1.82) is 0 Å². The molecule has 0 radical (unpaired) electrons. The molecule has 0 aromatic heterocycles. The summed E-state index contributed by atoms with van der Waals surface area (Å²) in [5.41, 5.74) is 1.78. The van der Waals surface area contributed by atoms with Crippen LogP contribution in [0.1, 0.15) is 0 Å². The fourth-order valence-corrected chi connectivity index (χ4v) is 1.85. The molecule has 0 saturated carbocycles. The third-order valence-electron chi connectivity index (χ3n) is 2.58. The van der Waals surface area contributed by atoms with E-state index in [9.17, 15) is 10.0 Å². The molecule has 3 rings (SSSR count). The first-order valence-electron chi connectivity index (χ1n) is 4.87. The largest absolute Gasteiger partial charge is 0.411 e. The average Bonchev–Trinajstić information content (AvgIpc) is 2.29. The van der Waals surface area contributed by atoms with Gasteiger partial charge >= 0.3 is 0 Å². The molecule has 1 aromatic rings. The predicted molar refractivity (Wildman–Crippen MR) is 59.8 cm³/mol. The first kappa shape index (κ1) is 8.91. The zero-order valence-electron chi connectivity index (χ0n) is 8.29. The first-order valence-corrected chi connectivity index (χ1v) is 4.87. The highest BCUT2D eigenvalue weighted by atomic mass is 16.5. The van der Waals surface area contributed by atoms with Gasteiger partial charge in [-0.15, -0.1) is 9.94 Å². The van der Waals surface area contributed by atoms with Gasteiger partial charge in [0, 0.05) is 17.0 Å². The molecule has 0 fully saturated rings. The molecule has 16 heavy (non-hydrogen) atoms. The summed E-state index contributed by atoms with van der Waals surface area (Å²) in [6.45, 7) is 0. The summed E-state index contributed by atoms with van der Waals surface area (Å²) in [4.78, 5) is 12.0. The van der Waals surface area contributed by atoms with Gasteiger partial charge in [0.05, 0.1) is 5.52 Å². The van der Waals surface area contributed by atoms with Gasteiger partial charge in [-0.25, -0.2) is 0 Å². The zero-order valence-corrected chi connectivity index (χ0v) is 8.29. The van der Waals surface area contributed by atoms with Gasteiger partial charge in [-0.3, -0.25) is 4.79 Å². The molecule has 1 aliphatic carbocycles. The van der Waals surface area contributed by atoms with Crippen molar-refractivity contribution >= 4 is 10.9 Å². The van der Waals surface area contributed by atoms with Gasteiger partial charge < -0.3 is 5.21 Å². The van der Waals surface area contributed by atoms with Crippen molar-refractivity contribution in [2.24, 2.45) is 0 Å². The molecular weight excluding hydrogens is 204 g/mol. The van der Waals surface area contributed by atoms with Gasteiger partial charge in [0.15, 0.2) is 5.43 Å². The van der Waals surface area contributed by atoms with Crippen LogP contribution < -0.4 is 5.43 Å². The summed E-state index contributed by atoms with van der Waals surface area (Å²) in [5.74, 6) is 0. The molecule has 0 unspecified atom stereocenters. The van der Waals surface area contributed by atoms with Crippen LogP contribution in [0, 0.1) is 0 Å². The van der Waals surface area contributed by atoms with E-state index in [2.05, 4.69) is 5.10 Å². The topological polar surface area (TPSA) is 55.1 Å². The monoisotopic (exact) mass is 212 g/mol. The SMILES string of the molecule is O=c1ccc2c3ccccc3nn(O)c-2c1. The van der Waals surface area contributed by atoms with Gasteiger partial charge in [-0.05, 0) is 18.2 Å². The Labute approximate surface area is 90.7 Å². The van der Waals surface area contributed by atoms with Crippen LogP contribution in [0.3, 0.4) is 0 Å². The smallest absolute Gasteiger partial charge is 0.180 e. The van der Waals surface area contributed by atoms with Crippen molar-refractivity contribution in [2.75, 3.05) is 0 Å². The Morgan fingerprint density at radius 3 is 2.81 bits per heavy atom. The number of aromatic nitrogens is 2. The molecule has 78 valence electrons. The molecule has 0 amide bonds. The van der Waals surface area contributed by atoms with Crippen molar-refractivity contribution in [1.82, 2.24) is 9.94 Å². The number of hydrogen-bond donors (Lipinski definition) is 1. The van der Waals surface area contributed by atoms with Crippen LogP contribution in [-0.2, 0) is 0 Å². The maximum absolute atomic E-state index is 11.2. The number of fused-ring (bicyclic) bond motifs is 3. The molecule has 0 atom stereocenters. The van der Waals surface area contributed by atoms with E-state index in [0.717, 1.165) is 15.8 Å². The minimum atomic E-state index is -0.146. The molecule has 0 saturated heterocycles. The summed E-state index contributed by atoms with van der Waals surface area (Å²) in [7, 11) is 0. The highest BCUT2D eigenvalue weighted by Gasteiger charge is 2.11. The van der Waals surface area contributed by atoms with Gasteiger partial charge in [-0.2, -0.15) is 0 Å². The van der Waals surface area contributed by atoms with Crippen molar-refractivity contribution in [2.45, 2.75) is 0 Å². The molecule has 4 heteroatoms. The first-order chi connectivity index (χ1) is 7.75. The Kier molecular flexibility index (Phi) is 1.71. The zero-order chi connectivity index (χ0) is 11.1. The lowest BCUT2D eigenvalue weighted by atomic mass is 10.0. The molecule has 0 spiro atoms. The van der Waals surface area contributed by atoms with E-state index in [4.69, 9.17) is 0 Å². The van der Waals surface area contributed by atoms with E-state index in [1.165, 1.54) is 12.1 Å². The lowest BCUT2D eigenvalue weighted by Gasteiger charge is -2.11. The van der Waals surface area contributed by atoms with E-state index in [1.807, 2.05) is 24.3 Å². The third-order valence-corrected chi connectivity index (χ3v) is 2.58. The van der Waals surface area contributed by atoms with E-state index < -0.39 is 0 Å². The molecule has 0 bridgehead atoms. The van der Waals surface area contributed by atoms with Gasteiger partial charge in [0.1, 0.15) is 5.69 Å². The minimum Gasteiger partial charge on any atom is -0.411 e. The van der Waals surface area contributed by atoms with Crippen LogP contribution in [0.2, 0.25) is 0 Å². The van der Waals surface area contributed by atoms with E-state index >= 15 is 0 Å². The third kappa shape index (κ3) is 1.16. The number of hydrogen-bond acceptors (Lipinski definition) is 3. The summed E-state index contributed by atoms with van der Waals surface area (Å²) in [6.07, 6.45) is 0. The quantitative estimate of drug-likeness (QED) is 0.456. The van der Waals surface area contributed by atoms with Crippen molar-refractivity contribution in [3.63, 3.8) is 0 Å². The van der Waals surface area contributed by atoms with Crippen molar-refractivity contribution in [3.05, 3.63) is 52.7 Å². The predicted octanol–water partition coefficient (Wildman–Crippen LogP) is 1.74. The van der Waals surface area contributed by atoms with E-state index in [-0.39, 0.29) is 5.43 Å². The highest BCUT2D eigenvalue weighted by Crippen LogP contribution is 2.26. The second-order valence-electron chi connectivity index (χ2n) is 3.59. The number of rotatable bonds is 0. The van der Waals surface area contributed by atoms with Crippen LogP contribution in [0.25, 0.3) is 22.2 Å². The van der Waals surface area contributed by atoms with Crippen LogP contribution in [0.5, 0.6) is 0 Å². The maximum atomic E-state index is 11.2. The molecule has 2 aliphatic rings. The van der Waals surface area contributed by atoms with Gasteiger partial charge in [-0.1, -0.05) is 18.2 Å². The van der Waals surface area contributed by atoms with Crippen LogP contribution in [-0.4, -0.2) is 15.2 Å². The standard InChI is InChI=1S/C12H8N2O2/c15-8-5-6-10-9-3-1-2-4-11(9)13-14(16)12(10)7-8/h1-7,16H. The summed E-state index contributed by atoms with van der Waals surface area (Å²) < 4.78 is 0. The highest BCUT2D eigenvalue weighted by molar-refractivity contribution is 5.93. The Morgan fingerprint density at radius 1 is 1.12 bits per heavy atom. The molecule has 4 nitrogen and oxygen atoms in total. The Hall–Kier alpha value is -2.36. The molecule has 1 heterocycles. The normalized spacial score (nSPS) is 11.0. The Balaban J connectivity index is 2.59. The fraction of sp³-hybridized carbons (Fsp3) is 0. The summed E-state index contributed by atoms with van der Waals surface area (Å²) >= 11 is 0. The van der Waals surface area contributed by atoms with E-state index in [1.54, 1.807) is 6.07 Å². The summed E-state index contributed by atoms with van der Waals surface area (Å²) in [6, 6.07) is 12.0. The Bertz CT molecular complexity index is 703. The molecule has 1 aliphatic heterocycles. The van der Waals surface area contributed by atoms with Crippen molar-refractivity contribution < 1.29 is 5.21 Å². The van der Waals surface area contributed by atoms with Crippen LogP contribution in [0.15, 0.2) is 47.3 Å². The lowest BCUT2D eigenvalue weighted by molar-refractivity contribution is 0.152. The fourth-order valence-electron chi connectivity index (χ4n) is 1.85. The van der Waals surface area contributed by atoms with Gasteiger partial charge in [0.2, 0.25) is 0 Å². The van der Waals surface area contributed by atoms with Crippen molar-refractivity contribution in [3.8, 4) is 11.3 Å². The molecule has 1 aromatic carbocycles. The number of nitrogens with zero attached hydrogens (tertiary/aromatic N) is 2. The lowest BCUT2D eigenvalue weighted by Crippen LogP contribution is -2.09. The maximum Gasteiger partial charge on any atom is 0.180 e. The molecule has 1 N–H and O–H groups in total. The average molecular weight is 212 g/mol. The van der Waals surface area contributed by atoms with Crippen LogP contribution in [0.4, 0.5) is 0 Å².